The Labute approximate surface area is 88.0 Å². The standard InChI is InChI=1S/C10H13N3O2/c1-14-8-4-3-5-9(15-2)10(8)7(11)6-13-12/h3-6,11H,12H2,1-2H3/b11-7?,13-6-. The molecule has 1 rings (SSSR count). The zero-order valence-corrected chi connectivity index (χ0v) is 8.65. The summed E-state index contributed by atoms with van der Waals surface area (Å²) in [5.41, 5.74) is 0.684. The highest BCUT2D eigenvalue weighted by molar-refractivity contribution is 6.38. The quantitative estimate of drug-likeness (QED) is 0.439. The molecule has 0 heterocycles. The van der Waals surface area contributed by atoms with Gasteiger partial charge in [0.2, 0.25) is 0 Å². The van der Waals surface area contributed by atoms with Crippen molar-refractivity contribution < 1.29 is 9.47 Å². The van der Waals surface area contributed by atoms with E-state index in [1.807, 2.05) is 0 Å². The van der Waals surface area contributed by atoms with Crippen molar-refractivity contribution >= 4 is 11.9 Å². The summed E-state index contributed by atoms with van der Waals surface area (Å²) >= 11 is 0. The Balaban J connectivity index is 3.27. The van der Waals surface area contributed by atoms with Crippen LogP contribution in [0.1, 0.15) is 5.56 Å². The molecule has 0 bridgehead atoms. The number of methoxy groups -OCH3 is 2. The van der Waals surface area contributed by atoms with Gasteiger partial charge in [-0.15, -0.1) is 0 Å². The number of rotatable bonds is 4. The van der Waals surface area contributed by atoms with Gasteiger partial charge in [0, 0.05) is 0 Å². The van der Waals surface area contributed by atoms with E-state index in [0.717, 1.165) is 0 Å². The van der Waals surface area contributed by atoms with E-state index >= 15 is 0 Å². The molecular weight excluding hydrogens is 194 g/mol. The molecule has 15 heavy (non-hydrogen) atoms. The van der Waals surface area contributed by atoms with Gasteiger partial charge >= 0.3 is 0 Å². The lowest BCUT2D eigenvalue weighted by atomic mass is 10.1. The summed E-state index contributed by atoms with van der Waals surface area (Å²) in [6.07, 6.45) is 1.24. The van der Waals surface area contributed by atoms with Crippen LogP contribution in [0.5, 0.6) is 11.5 Å². The van der Waals surface area contributed by atoms with Crippen LogP contribution in [0.25, 0.3) is 0 Å². The molecule has 0 spiro atoms. The van der Waals surface area contributed by atoms with E-state index in [1.54, 1.807) is 18.2 Å². The van der Waals surface area contributed by atoms with E-state index < -0.39 is 0 Å². The molecule has 0 aromatic heterocycles. The SMILES string of the molecule is COc1cccc(OC)c1C(=N)/C=N\N. The normalized spacial score (nSPS) is 10.3. The molecule has 0 atom stereocenters. The minimum atomic E-state index is 0.145. The summed E-state index contributed by atoms with van der Waals surface area (Å²) in [4.78, 5) is 0. The summed E-state index contributed by atoms with van der Waals surface area (Å²) < 4.78 is 10.3. The average molecular weight is 207 g/mol. The molecule has 3 N–H and O–H groups in total. The maximum absolute atomic E-state index is 7.73. The fraction of sp³-hybridized carbons (Fsp3) is 0.200. The third-order valence-electron chi connectivity index (χ3n) is 1.90. The Morgan fingerprint density at radius 3 is 2.27 bits per heavy atom. The molecule has 0 unspecified atom stereocenters. The second-order valence-corrected chi connectivity index (χ2v) is 2.73. The maximum Gasteiger partial charge on any atom is 0.132 e. The molecule has 80 valence electrons. The molecule has 0 radical (unpaired) electrons. The number of ether oxygens (including phenoxy) is 2. The average Bonchev–Trinajstić information content (AvgIpc) is 2.28. The van der Waals surface area contributed by atoms with Gasteiger partial charge in [0.25, 0.3) is 0 Å². The smallest absolute Gasteiger partial charge is 0.132 e. The topological polar surface area (TPSA) is 80.7 Å². The number of hydrogen-bond acceptors (Lipinski definition) is 5. The Kier molecular flexibility index (Phi) is 3.68. The zero-order chi connectivity index (χ0) is 11.3. The predicted molar refractivity (Wildman–Crippen MR) is 59.1 cm³/mol. The van der Waals surface area contributed by atoms with Gasteiger partial charge in [0.05, 0.1) is 31.7 Å². The molecule has 1 aromatic carbocycles. The van der Waals surface area contributed by atoms with Crippen LogP contribution in [-0.2, 0) is 0 Å². The van der Waals surface area contributed by atoms with E-state index in [1.165, 1.54) is 20.4 Å². The Morgan fingerprint density at radius 2 is 1.87 bits per heavy atom. The first kappa shape index (κ1) is 11.0. The first-order valence-electron chi connectivity index (χ1n) is 4.27. The van der Waals surface area contributed by atoms with Crippen LogP contribution in [-0.4, -0.2) is 26.1 Å². The van der Waals surface area contributed by atoms with Gasteiger partial charge in [-0.2, -0.15) is 5.10 Å². The zero-order valence-electron chi connectivity index (χ0n) is 8.65. The van der Waals surface area contributed by atoms with Crippen LogP contribution in [0.15, 0.2) is 23.3 Å². The van der Waals surface area contributed by atoms with Gasteiger partial charge in [-0.05, 0) is 12.1 Å². The van der Waals surface area contributed by atoms with E-state index in [2.05, 4.69) is 5.10 Å². The second-order valence-electron chi connectivity index (χ2n) is 2.73. The molecule has 0 saturated carbocycles. The third kappa shape index (κ3) is 2.25. The van der Waals surface area contributed by atoms with Crippen molar-refractivity contribution in [3.63, 3.8) is 0 Å². The van der Waals surface area contributed by atoms with E-state index in [4.69, 9.17) is 20.7 Å². The lowest BCUT2D eigenvalue weighted by molar-refractivity contribution is 0.393. The van der Waals surface area contributed by atoms with Gasteiger partial charge in [-0.3, -0.25) is 5.41 Å². The highest BCUT2D eigenvalue weighted by Crippen LogP contribution is 2.27. The monoisotopic (exact) mass is 207 g/mol. The minimum Gasteiger partial charge on any atom is -0.496 e. The molecule has 0 amide bonds. The van der Waals surface area contributed by atoms with Crippen molar-refractivity contribution in [1.29, 1.82) is 5.41 Å². The summed E-state index contributed by atoms with van der Waals surface area (Å²) in [5, 5.41) is 11.0. The summed E-state index contributed by atoms with van der Waals surface area (Å²) in [7, 11) is 3.07. The molecule has 5 nitrogen and oxygen atoms in total. The molecule has 0 aliphatic heterocycles. The first-order valence-corrected chi connectivity index (χ1v) is 4.27. The fourth-order valence-corrected chi connectivity index (χ4v) is 1.26. The third-order valence-corrected chi connectivity index (χ3v) is 1.90. The molecule has 0 aliphatic rings. The number of nitrogens with two attached hydrogens (primary N) is 1. The van der Waals surface area contributed by atoms with Crippen LogP contribution < -0.4 is 15.3 Å². The lowest BCUT2D eigenvalue weighted by Crippen LogP contribution is -2.07. The summed E-state index contributed by atoms with van der Waals surface area (Å²) in [5.74, 6) is 6.11. The van der Waals surface area contributed by atoms with Crippen molar-refractivity contribution in [2.24, 2.45) is 10.9 Å². The second kappa shape index (κ2) is 4.99. The van der Waals surface area contributed by atoms with Crippen molar-refractivity contribution in [2.45, 2.75) is 0 Å². The lowest BCUT2D eigenvalue weighted by Gasteiger charge is -2.11. The van der Waals surface area contributed by atoms with Crippen molar-refractivity contribution in [3.8, 4) is 11.5 Å². The van der Waals surface area contributed by atoms with Crippen LogP contribution >= 0.6 is 0 Å². The van der Waals surface area contributed by atoms with Crippen LogP contribution in [0.3, 0.4) is 0 Å². The molecule has 0 aliphatic carbocycles. The number of hydrazone groups is 1. The van der Waals surface area contributed by atoms with Gasteiger partial charge in [-0.1, -0.05) is 6.07 Å². The maximum atomic E-state index is 7.73. The summed E-state index contributed by atoms with van der Waals surface area (Å²) in [6, 6.07) is 5.28. The predicted octanol–water partition coefficient (Wildman–Crippen LogP) is 1.02. The molecule has 0 saturated heterocycles. The largest absolute Gasteiger partial charge is 0.496 e. The highest BCUT2D eigenvalue weighted by atomic mass is 16.5. The van der Waals surface area contributed by atoms with Crippen molar-refractivity contribution in [1.82, 2.24) is 0 Å². The van der Waals surface area contributed by atoms with Gasteiger partial charge < -0.3 is 15.3 Å². The highest BCUT2D eigenvalue weighted by Gasteiger charge is 2.12. The fourth-order valence-electron chi connectivity index (χ4n) is 1.26. The van der Waals surface area contributed by atoms with Crippen LogP contribution in [0, 0.1) is 5.41 Å². The number of benzene rings is 1. The van der Waals surface area contributed by atoms with Crippen LogP contribution in [0.2, 0.25) is 0 Å². The molecule has 5 heteroatoms. The Hall–Kier alpha value is -2.04. The van der Waals surface area contributed by atoms with Gasteiger partial charge in [0.15, 0.2) is 0 Å². The van der Waals surface area contributed by atoms with E-state index in [0.29, 0.717) is 17.1 Å². The van der Waals surface area contributed by atoms with Crippen molar-refractivity contribution in [3.05, 3.63) is 23.8 Å². The number of nitrogens with zero attached hydrogens (tertiary/aromatic N) is 1. The first-order chi connectivity index (χ1) is 7.24. The summed E-state index contributed by atoms with van der Waals surface area (Å²) in [6.45, 7) is 0. The van der Waals surface area contributed by atoms with Crippen LogP contribution in [0.4, 0.5) is 0 Å². The number of hydrogen-bond donors (Lipinski definition) is 2. The van der Waals surface area contributed by atoms with E-state index in [9.17, 15) is 0 Å². The minimum absolute atomic E-state index is 0.145. The van der Waals surface area contributed by atoms with Crippen molar-refractivity contribution in [2.75, 3.05) is 14.2 Å². The Bertz CT molecular complexity index is 366. The van der Waals surface area contributed by atoms with Gasteiger partial charge in [-0.25, -0.2) is 0 Å². The Morgan fingerprint density at radius 1 is 1.33 bits per heavy atom. The molecular formula is C10H13N3O2. The van der Waals surface area contributed by atoms with Gasteiger partial charge in [0.1, 0.15) is 11.5 Å². The number of nitrogens with one attached hydrogen (secondary N) is 1. The van der Waals surface area contributed by atoms with E-state index in [-0.39, 0.29) is 5.71 Å². The molecule has 0 fully saturated rings. The molecule has 1 aromatic rings.